The minimum Gasteiger partial charge on any atom is -0.331 e. The minimum absolute atomic E-state index is 0.0369. The van der Waals surface area contributed by atoms with Gasteiger partial charge in [0.1, 0.15) is 0 Å². The van der Waals surface area contributed by atoms with Gasteiger partial charge in [0.15, 0.2) is 0 Å². The first-order valence-electron chi connectivity index (χ1n) is 5.26. The van der Waals surface area contributed by atoms with Gasteiger partial charge in [0.2, 0.25) is 0 Å². The Morgan fingerprint density at radius 3 is 2.75 bits per heavy atom. The smallest absolute Gasteiger partial charge is 0.264 e. The Morgan fingerprint density at radius 2 is 2.31 bits per heavy atom. The van der Waals surface area contributed by atoms with Crippen LogP contribution in [0.25, 0.3) is 0 Å². The van der Waals surface area contributed by atoms with Gasteiger partial charge in [0.05, 0.1) is 14.8 Å². The molecule has 1 fully saturated rings. The van der Waals surface area contributed by atoms with Crippen LogP contribution in [0.5, 0.6) is 0 Å². The molecule has 0 saturated carbocycles. The summed E-state index contributed by atoms with van der Waals surface area (Å²) >= 11 is 7.15. The standard InChI is InChI=1S/C11H15ClN2OS/c1-11(2)8(13)5-6-14(11)10(15)7-3-4-9(12)16-7/h3-4,8H,5-6,13H2,1-2H3. The van der Waals surface area contributed by atoms with Gasteiger partial charge in [-0.05, 0) is 32.4 Å². The van der Waals surface area contributed by atoms with Crippen molar-refractivity contribution in [3.63, 3.8) is 0 Å². The van der Waals surface area contributed by atoms with Crippen molar-refractivity contribution in [2.45, 2.75) is 31.8 Å². The molecule has 3 nitrogen and oxygen atoms in total. The molecule has 1 aliphatic rings. The van der Waals surface area contributed by atoms with Gasteiger partial charge in [-0.2, -0.15) is 0 Å². The van der Waals surface area contributed by atoms with E-state index >= 15 is 0 Å². The number of likely N-dealkylation sites (tertiary alicyclic amines) is 1. The first-order valence-corrected chi connectivity index (χ1v) is 6.45. The van der Waals surface area contributed by atoms with E-state index in [-0.39, 0.29) is 17.5 Å². The molecule has 1 aromatic heterocycles. The SMILES string of the molecule is CC1(C)C(N)CCN1C(=O)c1ccc(Cl)s1. The van der Waals surface area contributed by atoms with E-state index in [0.717, 1.165) is 13.0 Å². The van der Waals surface area contributed by atoms with Gasteiger partial charge in [-0.25, -0.2) is 0 Å². The summed E-state index contributed by atoms with van der Waals surface area (Å²) < 4.78 is 0.643. The molecule has 0 radical (unpaired) electrons. The van der Waals surface area contributed by atoms with Gasteiger partial charge >= 0.3 is 0 Å². The quantitative estimate of drug-likeness (QED) is 0.841. The topological polar surface area (TPSA) is 46.3 Å². The van der Waals surface area contributed by atoms with E-state index in [1.54, 1.807) is 12.1 Å². The maximum Gasteiger partial charge on any atom is 0.264 e. The fourth-order valence-corrected chi connectivity index (χ4v) is 3.03. The molecule has 1 unspecified atom stereocenters. The molecule has 0 aliphatic carbocycles. The van der Waals surface area contributed by atoms with E-state index in [4.69, 9.17) is 17.3 Å². The van der Waals surface area contributed by atoms with Crippen molar-refractivity contribution in [3.8, 4) is 0 Å². The summed E-state index contributed by atoms with van der Waals surface area (Å²) in [5.74, 6) is 0.0369. The van der Waals surface area contributed by atoms with Crippen molar-refractivity contribution in [2.75, 3.05) is 6.54 Å². The van der Waals surface area contributed by atoms with E-state index in [1.807, 2.05) is 18.7 Å². The molecule has 1 aliphatic heterocycles. The molecule has 1 aromatic rings. The van der Waals surface area contributed by atoms with Gasteiger partial charge in [0, 0.05) is 12.6 Å². The predicted octanol–water partition coefficient (Wildman–Crippen LogP) is 2.35. The monoisotopic (exact) mass is 258 g/mol. The molecule has 88 valence electrons. The Bertz CT molecular complexity index is 416. The summed E-state index contributed by atoms with van der Waals surface area (Å²) in [7, 11) is 0. The molecule has 1 atom stereocenters. The summed E-state index contributed by atoms with van der Waals surface area (Å²) in [6.07, 6.45) is 0.859. The minimum atomic E-state index is -0.270. The Kier molecular flexibility index (Phi) is 2.99. The van der Waals surface area contributed by atoms with Crippen LogP contribution in [-0.4, -0.2) is 28.9 Å². The molecule has 0 aromatic carbocycles. The van der Waals surface area contributed by atoms with Crippen LogP contribution >= 0.6 is 22.9 Å². The predicted molar refractivity (Wildman–Crippen MR) is 67.0 cm³/mol. The van der Waals surface area contributed by atoms with Gasteiger partial charge in [-0.15, -0.1) is 11.3 Å². The number of rotatable bonds is 1. The molecule has 2 heterocycles. The Labute approximate surface area is 104 Å². The van der Waals surface area contributed by atoms with Crippen LogP contribution < -0.4 is 5.73 Å². The number of nitrogens with two attached hydrogens (primary N) is 1. The highest BCUT2D eigenvalue weighted by atomic mass is 35.5. The fourth-order valence-electron chi connectivity index (χ4n) is 2.04. The lowest BCUT2D eigenvalue weighted by atomic mass is 9.97. The number of hydrogen-bond acceptors (Lipinski definition) is 3. The zero-order chi connectivity index (χ0) is 11.9. The van der Waals surface area contributed by atoms with Crippen molar-refractivity contribution in [2.24, 2.45) is 5.73 Å². The Hall–Kier alpha value is -0.580. The second kappa shape index (κ2) is 4.02. The van der Waals surface area contributed by atoms with Gasteiger partial charge in [-0.3, -0.25) is 4.79 Å². The average Bonchev–Trinajstić information content (AvgIpc) is 2.73. The molecule has 2 N–H and O–H groups in total. The second-order valence-electron chi connectivity index (χ2n) is 4.61. The first kappa shape index (κ1) is 11.9. The lowest BCUT2D eigenvalue weighted by Crippen LogP contribution is -2.50. The number of nitrogens with zero attached hydrogens (tertiary/aromatic N) is 1. The molecule has 5 heteroatoms. The summed E-state index contributed by atoms with van der Waals surface area (Å²) in [5.41, 5.74) is 5.74. The van der Waals surface area contributed by atoms with Crippen LogP contribution in [0.1, 0.15) is 29.9 Å². The van der Waals surface area contributed by atoms with E-state index in [0.29, 0.717) is 9.21 Å². The van der Waals surface area contributed by atoms with E-state index in [9.17, 15) is 4.79 Å². The van der Waals surface area contributed by atoms with Crippen LogP contribution in [0.2, 0.25) is 4.34 Å². The second-order valence-corrected chi connectivity index (χ2v) is 6.32. The lowest BCUT2D eigenvalue weighted by molar-refractivity contribution is 0.0642. The molecule has 2 rings (SSSR count). The Morgan fingerprint density at radius 1 is 1.62 bits per heavy atom. The van der Waals surface area contributed by atoms with Crippen LogP contribution in [0.3, 0.4) is 0 Å². The fraction of sp³-hybridized carbons (Fsp3) is 0.545. The highest BCUT2D eigenvalue weighted by molar-refractivity contribution is 7.17. The summed E-state index contributed by atoms with van der Waals surface area (Å²) in [6.45, 7) is 4.75. The molecule has 0 bridgehead atoms. The van der Waals surface area contributed by atoms with Gasteiger partial charge < -0.3 is 10.6 Å². The van der Waals surface area contributed by atoms with Crippen molar-refractivity contribution < 1.29 is 4.79 Å². The van der Waals surface area contributed by atoms with E-state index in [1.165, 1.54) is 11.3 Å². The maximum atomic E-state index is 12.2. The zero-order valence-corrected chi connectivity index (χ0v) is 10.9. The molecule has 16 heavy (non-hydrogen) atoms. The third-order valence-corrected chi connectivity index (χ3v) is 4.52. The number of carbonyl (C=O) groups is 1. The summed E-state index contributed by atoms with van der Waals surface area (Å²) in [6, 6.07) is 3.57. The van der Waals surface area contributed by atoms with Crippen molar-refractivity contribution in [1.29, 1.82) is 0 Å². The number of carbonyl (C=O) groups excluding carboxylic acids is 1. The van der Waals surface area contributed by atoms with Gasteiger partial charge in [0.25, 0.3) is 5.91 Å². The Balaban J connectivity index is 2.23. The third kappa shape index (κ3) is 1.85. The third-order valence-electron chi connectivity index (χ3n) is 3.30. The molecular weight excluding hydrogens is 244 g/mol. The van der Waals surface area contributed by atoms with E-state index in [2.05, 4.69) is 0 Å². The number of thiophene rings is 1. The lowest BCUT2D eigenvalue weighted by Gasteiger charge is -2.34. The largest absolute Gasteiger partial charge is 0.331 e. The zero-order valence-electron chi connectivity index (χ0n) is 9.37. The van der Waals surface area contributed by atoms with Crippen molar-refractivity contribution >= 4 is 28.8 Å². The molecule has 1 amide bonds. The highest BCUT2D eigenvalue weighted by Crippen LogP contribution is 2.31. The molecule has 0 spiro atoms. The molecule has 1 saturated heterocycles. The summed E-state index contributed by atoms with van der Waals surface area (Å²) in [4.78, 5) is 14.8. The van der Waals surface area contributed by atoms with Gasteiger partial charge in [-0.1, -0.05) is 11.6 Å². The highest BCUT2D eigenvalue weighted by Gasteiger charge is 2.42. The number of amides is 1. The van der Waals surface area contributed by atoms with Crippen LogP contribution in [0.4, 0.5) is 0 Å². The number of hydrogen-bond donors (Lipinski definition) is 1. The van der Waals surface area contributed by atoms with Crippen LogP contribution in [-0.2, 0) is 0 Å². The molecular formula is C11H15ClN2OS. The van der Waals surface area contributed by atoms with Crippen molar-refractivity contribution in [3.05, 3.63) is 21.3 Å². The van der Waals surface area contributed by atoms with Crippen LogP contribution in [0.15, 0.2) is 12.1 Å². The summed E-state index contributed by atoms with van der Waals surface area (Å²) in [5, 5.41) is 0. The maximum absolute atomic E-state index is 12.2. The average molecular weight is 259 g/mol. The normalized spacial score (nSPS) is 23.8. The van der Waals surface area contributed by atoms with Crippen LogP contribution in [0, 0.1) is 0 Å². The van der Waals surface area contributed by atoms with Crippen molar-refractivity contribution in [1.82, 2.24) is 4.90 Å². The van der Waals surface area contributed by atoms with E-state index < -0.39 is 0 Å². The first-order chi connectivity index (χ1) is 7.43. The number of halogens is 1.